The highest BCUT2D eigenvalue weighted by Gasteiger charge is 2.49. The second kappa shape index (κ2) is 9.77. The number of hydrogen-bond acceptors (Lipinski definition) is 3. The highest BCUT2D eigenvalue weighted by Crippen LogP contribution is 2.43. The maximum atomic E-state index is 13.2. The minimum Gasteiger partial charge on any atom is -0.493 e. The van der Waals surface area contributed by atoms with Crippen LogP contribution in [0.3, 0.4) is 0 Å². The first-order valence-corrected chi connectivity index (χ1v) is 11.6. The summed E-state index contributed by atoms with van der Waals surface area (Å²) in [6, 6.07) is 26.7. The molecule has 5 nitrogen and oxygen atoms in total. The van der Waals surface area contributed by atoms with Gasteiger partial charge in [-0.15, -0.1) is 0 Å². The fourth-order valence-electron chi connectivity index (χ4n) is 5.60. The number of amides is 1. The third-order valence-corrected chi connectivity index (χ3v) is 7.20. The second-order valence-corrected chi connectivity index (χ2v) is 8.98. The molecule has 5 rings (SSSR count). The first-order valence-electron chi connectivity index (χ1n) is 11.6. The van der Waals surface area contributed by atoms with E-state index in [1.165, 1.54) is 11.1 Å². The Labute approximate surface area is 195 Å². The van der Waals surface area contributed by atoms with Crippen molar-refractivity contribution in [2.24, 2.45) is 11.7 Å². The molecule has 0 spiro atoms. The first kappa shape index (κ1) is 23.0. The maximum Gasteiger partial charge on any atom is 0.232 e. The molecule has 1 amide bonds. The summed E-state index contributed by atoms with van der Waals surface area (Å²) < 4.78 is 5.64. The summed E-state index contributed by atoms with van der Waals surface area (Å²) in [6.45, 7) is 3.61. The quantitative estimate of drug-likeness (QED) is 0.607. The Kier molecular flexibility index (Phi) is 6.82. The molecule has 1 fully saturated rings. The number of benzene rings is 3. The Morgan fingerprint density at radius 1 is 1.00 bits per heavy atom. The monoisotopic (exact) mass is 444 g/mol. The summed E-state index contributed by atoms with van der Waals surface area (Å²) in [6.07, 6.45) is 2.95. The van der Waals surface area contributed by atoms with Crippen LogP contribution in [0.4, 0.5) is 0 Å². The van der Waals surface area contributed by atoms with E-state index in [0.717, 1.165) is 62.4 Å². The number of carbonyl (C=O) groups excluding carboxylic acids is 1. The third-order valence-electron chi connectivity index (χ3n) is 7.20. The lowest BCUT2D eigenvalue weighted by molar-refractivity contribution is -0.123. The van der Waals surface area contributed by atoms with Gasteiger partial charge in [-0.05, 0) is 53.6 Å². The van der Waals surface area contributed by atoms with Crippen LogP contribution in [-0.4, -0.2) is 42.5 Å². The zero-order valence-electron chi connectivity index (χ0n) is 18.9. The smallest absolute Gasteiger partial charge is 0.232 e. The van der Waals surface area contributed by atoms with Gasteiger partial charge in [0.2, 0.25) is 5.91 Å². The van der Waals surface area contributed by atoms with Crippen molar-refractivity contribution in [2.75, 3.05) is 26.2 Å². The lowest BCUT2D eigenvalue weighted by Crippen LogP contribution is -2.49. The molecule has 0 saturated carbocycles. The predicted molar refractivity (Wildman–Crippen MR) is 130 cm³/mol. The summed E-state index contributed by atoms with van der Waals surface area (Å²) in [5.41, 5.74) is 10.0. The summed E-state index contributed by atoms with van der Waals surface area (Å²) >= 11 is 0. The van der Waals surface area contributed by atoms with Gasteiger partial charge < -0.3 is 20.8 Å². The van der Waals surface area contributed by atoms with Crippen LogP contribution < -0.4 is 10.5 Å². The molecule has 0 radical (unpaired) electrons. The molecule has 4 N–H and O–H groups in total. The number of nitrogens with two attached hydrogens (primary N) is 1. The number of rotatable bonds is 7. The fraction of sp³-hybridized carbons (Fsp3) is 0.321. The van der Waals surface area contributed by atoms with Crippen LogP contribution in [0, 0.1) is 5.92 Å². The topological polar surface area (TPSA) is 87.1 Å². The largest absolute Gasteiger partial charge is 0.493 e. The fourth-order valence-corrected chi connectivity index (χ4v) is 5.60. The molecule has 33 heavy (non-hydrogen) atoms. The van der Waals surface area contributed by atoms with Gasteiger partial charge in [0, 0.05) is 19.5 Å². The molecule has 2 aliphatic heterocycles. The van der Waals surface area contributed by atoms with E-state index in [1.54, 1.807) is 0 Å². The van der Waals surface area contributed by atoms with Crippen molar-refractivity contribution < 1.29 is 15.0 Å². The lowest BCUT2D eigenvalue weighted by Gasteiger charge is -2.37. The van der Waals surface area contributed by atoms with Crippen molar-refractivity contribution in [3.63, 3.8) is 0 Å². The number of carbonyl (C=O) groups is 1. The zero-order valence-corrected chi connectivity index (χ0v) is 18.9. The number of hydrogen-bond donors (Lipinski definition) is 1. The van der Waals surface area contributed by atoms with Crippen molar-refractivity contribution in [1.29, 1.82) is 0 Å². The highest BCUT2D eigenvalue weighted by molar-refractivity contribution is 5.91. The molecule has 3 aromatic carbocycles. The van der Waals surface area contributed by atoms with Crippen molar-refractivity contribution >= 4 is 5.91 Å². The van der Waals surface area contributed by atoms with Crippen LogP contribution in [0.25, 0.3) is 0 Å². The molecule has 0 unspecified atom stereocenters. The van der Waals surface area contributed by atoms with E-state index in [-0.39, 0.29) is 17.3 Å². The van der Waals surface area contributed by atoms with Gasteiger partial charge in [-0.25, -0.2) is 0 Å². The molecule has 2 heterocycles. The molecular formula is C28H32N2O3. The number of likely N-dealkylation sites (tertiary alicyclic amines) is 1. The summed E-state index contributed by atoms with van der Waals surface area (Å²) in [4.78, 5) is 15.7. The number of fused-ring (bicyclic) bond motifs is 1. The zero-order chi connectivity index (χ0) is 22.0. The number of nitrogens with zero attached hydrogens (tertiary/aromatic N) is 1. The summed E-state index contributed by atoms with van der Waals surface area (Å²) in [5, 5.41) is 0. The van der Waals surface area contributed by atoms with E-state index < -0.39 is 5.41 Å². The van der Waals surface area contributed by atoms with Gasteiger partial charge in [0.05, 0.1) is 6.61 Å². The minimum atomic E-state index is -0.817. The summed E-state index contributed by atoms with van der Waals surface area (Å²) in [7, 11) is 0. The SMILES string of the molecule is NC(=O)C(c1ccccc1)(c1ccccc1)[C@@H]1CCN(CCc2ccc3c(c2)CCO3)C1.O. The molecule has 0 aliphatic carbocycles. The van der Waals surface area contributed by atoms with Crippen molar-refractivity contribution in [3.8, 4) is 5.75 Å². The normalized spacial score (nSPS) is 17.8. The van der Waals surface area contributed by atoms with E-state index in [9.17, 15) is 4.79 Å². The highest BCUT2D eigenvalue weighted by atomic mass is 16.5. The van der Waals surface area contributed by atoms with Gasteiger partial charge >= 0.3 is 0 Å². The van der Waals surface area contributed by atoms with Gasteiger partial charge in [-0.2, -0.15) is 0 Å². The molecule has 1 atom stereocenters. The molecule has 0 aromatic heterocycles. The first-order chi connectivity index (χ1) is 15.7. The van der Waals surface area contributed by atoms with Crippen molar-refractivity contribution in [3.05, 3.63) is 101 Å². The lowest BCUT2D eigenvalue weighted by atomic mass is 9.64. The molecule has 0 bridgehead atoms. The van der Waals surface area contributed by atoms with Gasteiger partial charge in [0.25, 0.3) is 0 Å². The molecule has 5 heteroatoms. The van der Waals surface area contributed by atoms with Crippen LogP contribution in [0.2, 0.25) is 0 Å². The van der Waals surface area contributed by atoms with E-state index >= 15 is 0 Å². The van der Waals surface area contributed by atoms with Gasteiger partial charge in [-0.1, -0.05) is 72.8 Å². The van der Waals surface area contributed by atoms with Crippen LogP contribution in [0.5, 0.6) is 5.75 Å². The average molecular weight is 445 g/mol. The third kappa shape index (κ3) is 4.26. The van der Waals surface area contributed by atoms with Crippen LogP contribution in [-0.2, 0) is 23.1 Å². The Morgan fingerprint density at radius 3 is 2.30 bits per heavy atom. The second-order valence-electron chi connectivity index (χ2n) is 8.98. The Morgan fingerprint density at radius 2 is 1.67 bits per heavy atom. The molecular weight excluding hydrogens is 412 g/mol. The molecule has 1 saturated heterocycles. The van der Waals surface area contributed by atoms with Gasteiger partial charge in [0.1, 0.15) is 11.2 Å². The number of primary amides is 1. The van der Waals surface area contributed by atoms with E-state index in [0.29, 0.717) is 0 Å². The maximum absolute atomic E-state index is 13.2. The average Bonchev–Trinajstić information content (AvgIpc) is 3.49. The standard InChI is InChI=1S/C28H30N2O2.H2O/c29-27(31)28(23-7-3-1-4-8-23,24-9-5-2-6-10-24)25-14-17-30(20-25)16-13-21-11-12-26-22(19-21)15-18-32-26;/h1-12,19,25H,13-18,20H2,(H2,29,31);1H2/t25-;/m1./s1. The Balaban J connectivity index is 0.00000259. The van der Waals surface area contributed by atoms with Gasteiger partial charge in [0.15, 0.2) is 0 Å². The molecule has 2 aliphatic rings. The Hall–Kier alpha value is -3.15. The predicted octanol–water partition coefficient (Wildman–Crippen LogP) is 3.13. The van der Waals surface area contributed by atoms with Crippen LogP contribution in [0.1, 0.15) is 28.7 Å². The van der Waals surface area contributed by atoms with Crippen LogP contribution in [0.15, 0.2) is 78.9 Å². The Bertz CT molecular complexity index is 1050. The van der Waals surface area contributed by atoms with E-state index in [2.05, 4.69) is 23.1 Å². The van der Waals surface area contributed by atoms with Crippen molar-refractivity contribution in [2.45, 2.75) is 24.7 Å². The van der Waals surface area contributed by atoms with E-state index in [4.69, 9.17) is 10.5 Å². The van der Waals surface area contributed by atoms with E-state index in [1.807, 2.05) is 60.7 Å². The minimum absolute atomic E-state index is 0. The number of ether oxygens (including phenoxy) is 1. The van der Waals surface area contributed by atoms with Crippen LogP contribution >= 0.6 is 0 Å². The summed E-state index contributed by atoms with van der Waals surface area (Å²) in [5.74, 6) is 0.908. The molecule has 3 aromatic rings. The van der Waals surface area contributed by atoms with Crippen molar-refractivity contribution in [1.82, 2.24) is 4.90 Å². The molecule has 172 valence electrons. The van der Waals surface area contributed by atoms with Gasteiger partial charge in [-0.3, -0.25) is 4.79 Å².